The Morgan fingerprint density at radius 2 is 1.88 bits per heavy atom. The number of hydrogen-bond acceptors (Lipinski definition) is 5. The molecule has 1 atom stereocenters. The maximum absolute atomic E-state index is 13.3. The molecule has 0 bridgehead atoms. The van der Waals surface area contributed by atoms with Crippen molar-refractivity contribution in [2.45, 2.75) is 39.3 Å². The number of rotatable bonds is 7. The predicted molar refractivity (Wildman–Crippen MR) is 130 cm³/mol. The topological polar surface area (TPSA) is 66.8 Å². The normalized spacial score (nSPS) is 17.6. The first kappa shape index (κ1) is 23.7. The van der Waals surface area contributed by atoms with Gasteiger partial charge in [-0.25, -0.2) is 4.39 Å². The summed E-state index contributed by atoms with van der Waals surface area (Å²) >= 11 is 1.42. The number of carbonyl (C=O) groups excluding carboxylic acids is 2. The number of thiophene rings is 1. The lowest BCUT2D eigenvalue weighted by molar-refractivity contribution is -0.139. The van der Waals surface area contributed by atoms with Gasteiger partial charge in [0.15, 0.2) is 0 Å². The molecule has 0 radical (unpaired) electrons. The zero-order valence-corrected chi connectivity index (χ0v) is 20.1. The molecule has 1 aliphatic rings. The van der Waals surface area contributed by atoms with E-state index in [9.17, 15) is 19.1 Å². The number of amides is 1. The number of hydrogen-bond donors (Lipinski definition) is 1. The molecule has 176 valence electrons. The molecule has 5 nitrogen and oxygen atoms in total. The van der Waals surface area contributed by atoms with Gasteiger partial charge in [-0.15, -0.1) is 11.3 Å². The molecule has 7 heteroatoms. The molecule has 1 fully saturated rings. The maximum atomic E-state index is 13.3. The van der Waals surface area contributed by atoms with E-state index in [2.05, 4.69) is 0 Å². The van der Waals surface area contributed by atoms with Crippen molar-refractivity contribution in [1.29, 1.82) is 0 Å². The number of halogens is 1. The summed E-state index contributed by atoms with van der Waals surface area (Å²) in [7, 11) is 0. The fourth-order valence-corrected chi connectivity index (χ4v) is 4.94. The van der Waals surface area contributed by atoms with E-state index in [-0.39, 0.29) is 29.8 Å². The average molecular weight is 480 g/mol. The average Bonchev–Trinajstić information content (AvgIpc) is 3.41. The Hall–Kier alpha value is -3.45. The van der Waals surface area contributed by atoms with Gasteiger partial charge in [-0.3, -0.25) is 9.59 Å². The van der Waals surface area contributed by atoms with Crippen LogP contribution in [0, 0.1) is 12.7 Å². The Bertz CT molecular complexity index is 1230. The van der Waals surface area contributed by atoms with Crippen molar-refractivity contribution < 1.29 is 23.8 Å². The third kappa shape index (κ3) is 4.75. The summed E-state index contributed by atoms with van der Waals surface area (Å²) in [5, 5.41) is 13.1. The molecule has 1 N–H and O–H groups in total. The first-order valence-corrected chi connectivity index (χ1v) is 12.0. The van der Waals surface area contributed by atoms with Gasteiger partial charge in [0.05, 0.1) is 17.7 Å². The molecule has 3 aromatic rings. The molecule has 0 aliphatic carbocycles. The van der Waals surface area contributed by atoms with Crippen LogP contribution in [0.3, 0.4) is 0 Å². The highest BCUT2D eigenvalue weighted by Crippen LogP contribution is 2.41. The number of aryl methyl sites for hydroxylation is 1. The van der Waals surface area contributed by atoms with Crippen LogP contribution in [0.2, 0.25) is 0 Å². The largest absolute Gasteiger partial charge is 0.507 e. The van der Waals surface area contributed by atoms with Crippen LogP contribution in [-0.4, -0.2) is 34.3 Å². The van der Waals surface area contributed by atoms with Gasteiger partial charge in [-0.1, -0.05) is 18.2 Å². The van der Waals surface area contributed by atoms with Crippen LogP contribution >= 0.6 is 11.3 Å². The lowest BCUT2D eigenvalue weighted by Crippen LogP contribution is -2.31. The van der Waals surface area contributed by atoms with E-state index in [0.717, 1.165) is 16.0 Å². The van der Waals surface area contributed by atoms with Crippen molar-refractivity contribution in [3.8, 4) is 5.75 Å². The maximum Gasteiger partial charge on any atom is 0.295 e. The molecule has 34 heavy (non-hydrogen) atoms. The van der Waals surface area contributed by atoms with E-state index in [4.69, 9.17) is 4.74 Å². The van der Waals surface area contributed by atoms with Crippen LogP contribution in [0.4, 0.5) is 4.39 Å². The van der Waals surface area contributed by atoms with Crippen LogP contribution in [0.1, 0.15) is 41.5 Å². The summed E-state index contributed by atoms with van der Waals surface area (Å²) in [5.74, 6) is -1.21. The van der Waals surface area contributed by atoms with Crippen molar-refractivity contribution in [3.63, 3.8) is 0 Å². The van der Waals surface area contributed by atoms with Crippen LogP contribution in [0.15, 0.2) is 65.6 Å². The molecule has 0 saturated carbocycles. The Labute approximate surface area is 202 Å². The fraction of sp³-hybridized carbons (Fsp3) is 0.259. The summed E-state index contributed by atoms with van der Waals surface area (Å²) < 4.78 is 19.0. The highest BCUT2D eigenvalue weighted by molar-refractivity contribution is 7.10. The zero-order valence-electron chi connectivity index (χ0n) is 19.2. The van der Waals surface area contributed by atoms with Gasteiger partial charge in [-0.2, -0.15) is 0 Å². The summed E-state index contributed by atoms with van der Waals surface area (Å²) in [4.78, 5) is 28.4. The minimum absolute atomic E-state index is 0.00316. The Morgan fingerprint density at radius 1 is 1.15 bits per heavy atom. The second-order valence-electron chi connectivity index (χ2n) is 8.53. The van der Waals surface area contributed by atoms with Crippen LogP contribution < -0.4 is 4.74 Å². The van der Waals surface area contributed by atoms with Gasteiger partial charge >= 0.3 is 0 Å². The molecule has 1 saturated heterocycles. The number of carbonyl (C=O) groups is 2. The lowest BCUT2D eigenvalue weighted by Gasteiger charge is -2.24. The number of aliphatic hydroxyl groups excluding tert-OH is 1. The van der Waals surface area contributed by atoms with Crippen LogP contribution in [-0.2, 0) is 16.0 Å². The van der Waals surface area contributed by atoms with Crippen molar-refractivity contribution >= 4 is 28.8 Å². The highest BCUT2D eigenvalue weighted by Gasteiger charge is 2.46. The van der Waals surface area contributed by atoms with Gasteiger partial charge in [-0.05, 0) is 80.1 Å². The minimum Gasteiger partial charge on any atom is -0.507 e. The molecule has 2 heterocycles. The summed E-state index contributed by atoms with van der Waals surface area (Å²) in [5.41, 5.74) is 2.19. The first-order valence-electron chi connectivity index (χ1n) is 11.1. The van der Waals surface area contributed by atoms with Gasteiger partial charge in [0.1, 0.15) is 17.3 Å². The summed E-state index contributed by atoms with van der Waals surface area (Å²) in [6, 6.07) is 14.3. The molecule has 1 aliphatic heterocycles. The number of nitrogens with zero attached hydrogens (tertiary/aromatic N) is 1. The lowest BCUT2D eigenvalue weighted by atomic mass is 9.98. The number of likely N-dealkylation sites (tertiary alicyclic amines) is 1. The SMILES string of the molecule is Cc1cc(/C(O)=C2/C(=O)C(=O)N(CCc3ccc(F)cc3)C2c2cccs2)ccc1OC(C)C. The van der Waals surface area contributed by atoms with Crippen molar-refractivity contribution in [2.24, 2.45) is 0 Å². The van der Waals surface area contributed by atoms with Crippen molar-refractivity contribution in [3.05, 3.63) is 92.9 Å². The molecule has 2 aromatic carbocycles. The third-order valence-corrected chi connectivity index (χ3v) is 6.64. The smallest absolute Gasteiger partial charge is 0.295 e. The number of ether oxygens (including phenoxy) is 1. The Balaban J connectivity index is 1.71. The number of ketones is 1. The zero-order chi connectivity index (χ0) is 24.4. The predicted octanol–water partition coefficient (Wildman–Crippen LogP) is 5.65. The van der Waals surface area contributed by atoms with Gasteiger partial charge in [0, 0.05) is 17.0 Å². The van der Waals surface area contributed by atoms with Crippen LogP contribution in [0.25, 0.3) is 5.76 Å². The van der Waals surface area contributed by atoms with E-state index in [1.54, 1.807) is 30.3 Å². The van der Waals surface area contributed by atoms with E-state index in [1.165, 1.54) is 28.4 Å². The molecular weight excluding hydrogens is 453 g/mol. The summed E-state index contributed by atoms with van der Waals surface area (Å²) in [6.45, 7) is 5.99. The number of aliphatic hydroxyl groups is 1. The molecular formula is C27H26FNO4S. The minimum atomic E-state index is -0.713. The van der Waals surface area contributed by atoms with Gasteiger partial charge in [0.25, 0.3) is 11.7 Å². The van der Waals surface area contributed by atoms with Gasteiger partial charge < -0.3 is 14.7 Å². The third-order valence-electron chi connectivity index (χ3n) is 5.72. The van der Waals surface area contributed by atoms with E-state index in [1.807, 2.05) is 38.3 Å². The standard InChI is InChI=1S/C27H26FNO4S/c1-16(2)33-21-11-8-19(15-17(21)3)25(30)23-24(22-5-4-14-34-22)29(27(32)26(23)31)13-12-18-6-9-20(28)10-7-18/h4-11,14-16,24,30H,12-13H2,1-3H3/b25-23-. The molecule has 1 amide bonds. The van der Waals surface area contributed by atoms with Gasteiger partial charge in [0.2, 0.25) is 0 Å². The van der Waals surface area contributed by atoms with Crippen molar-refractivity contribution in [2.75, 3.05) is 6.54 Å². The van der Waals surface area contributed by atoms with E-state index in [0.29, 0.717) is 17.7 Å². The first-order chi connectivity index (χ1) is 16.3. The summed E-state index contributed by atoms with van der Waals surface area (Å²) in [6.07, 6.45) is 0.457. The highest BCUT2D eigenvalue weighted by atomic mass is 32.1. The second kappa shape index (κ2) is 9.81. The Morgan fingerprint density at radius 3 is 2.50 bits per heavy atom. The van der Waals surface area contributed by atoms with Crippen molar-refractivity contribution in [1.82, 2.24) is 4.90 Å². The molecule has 1 unspecified atom stereocenters. The fourth-order valence-electron chi connectivity index (χ4n) is 4.09. The van der Waals surface area contributed by atoms with E-state index >= 15 is 0 Å². The van der Waals surface area contributed by atoms with Crippen LogP contribution in [0.5, 0.6) is 5.75 Å². The monoisotopic (exact) mass is 479 g/mol. The van der Waals surface area contributed by atoms with E-state index < -0.39 is 17.7 Å². The second-order valence-corrected chi connectivity index (χ2v) is 9.51. The Kier molecular flexibility index (Phi) is 6.84. The quantitative estimate of drug-likeness (QED) is 0.270. The molecule has 1 aromatic heterocycles. The molecule has 4 rings (SSSR count). The molecule has 0 spiro atoms. The number of Topliss-reactive ketones (excluding diaryl/α,β-unsaturated/α-hetero) is 1. The number of benzene rings is 2.